The molecule has 2 aliphatic heterocycles. The molecule has 1 N–H and O–H groups in total. The molecule has 0 aromatic carbocycles. The van der Waals surface area contributed by atoms with Crippen LogP contribution in [0.4, 0.5) is 11.6 Å². The summed E-state index contributed by atoms with van der Waals surface area (Å²) < 4.78 is 30.8. The Morgan fingerprint density at radius 1 is 1.18 bits per heavy atom. The zero-order chi connectivity index (χ0) is 27.5. The highest BCUT2D eigenvalue weighted by Crippen LogP contribution is 2.37. The van der Waals surface area contributed by atoms with E-state index in [2.05, 4.69) is 26.5 Å². The first-order chi connectivity index (χ1) is 19.4. The minimum absolute atomic E-state index is 0.0332. The fourth-order valence-electron chi connectivity index (χ4n) is 5.55. The van der Waals surface area contributed by atoms with E-state index in [4.69, 9.17) is 9.97 Å². The summed E-state index contributed by atoms with van der Waals surface area (Å²) in [5.74, 6) is 1.40. The molecule has 0 spiro atoms. The van der Waals surface area contributed by atoms with Gasteiger partial charge in [-0.05, 0) is 37.1 Å². The van der Waals surface area contributed by atoms with Crippen LogP contribution in [0.1, 0.15) is 32.2 Å². The molecule has 0 atom stereocenters. The molecule has 40 heavy (non-hydrogen) atoms. The molecule has 1 saturated carbocycles. The van der Waals surface area contributed by atoms with Crippen molar-refractivity contribution in [2.45, 2.75) is 37.8 Å². The van der Waals surface area contributed by atoms with Crippen LogP contribution in [0, 0.1) is 17.2 Å². The van der Waals surface area contributed by atoms with Crippen LogP contribution in [0.5, 0.6) is 0 Å². The van der Waals surface area contributed by atoms with E-state index in [1.807, 2.05) is 28.5 Å². The van der Waals surface area contributed by atoms with Gasteiger partial charge in [-0.2, -0.15) is 19.8 Å². The summed E-state index contributed by atoms with van der Waals surface area (Å²) in [6.07, 6.45) is 10.3. The summed E-state index contributed by atoms with van der Waals surface area (Å²) in [6, 6.07) is 4.57. The molecule has 12 nitrogen and oxygen atoms in total. The molecule has 14 heteroatoms. The summed E-state index contributed by atoms with van der Waals surface area (Å²) >= 11 is 1.55. The summed E-state index contributed by atoms with van der Waals surface area (Å²) in [4.78, 5) is 12.1. The van der Waals surface area contributed by atoms with Crippen LogP contribution in [0.2, 0.25) is 0 Å². The lowest BCUT2D eigenvalue weighted by atomic mass is 9.89. The van der Waals surface area contributed by atoms with E-state index in [-0.39, 0.29) is 25.3 Å². The van der Waals surface area contributed by atoms with Crippen LogP contribution in [-0.2, 0) is 15.6 Å². The summed E-state index contributed by atoms with van der Waals surface area (Å²) in [5, 5.41) is 23.9. The fraction of sp³-hybridized carbons (Fsp3) is 0.500. The maximum Gasteiger partial charge on any atom is 0.228 e. The number of thiophene rings is 1. The Morgan fingerprint density at radius 2 is 2.00 bits per heavy atom. The number of rotatable bonds is 10. The quantitative estimate of drug-likeness (QED) is 0.301. The Labute approximate surface area is 236 Å². The van der Waals surface area contributed by atoms with Crippen molar-refractivity contribution in [1.29, 1.82) is 5.26 Å². The Morgan fingerprint density at radius 3 is 2.75 bits per heavy atom. The van der Waals surface area contributed by atoms with E-state index >= 15 is 0 Å². The van der Waals surface area contributed by atoms with Crippen LogP contribution < -0.4 is 5.32 Å². The average Bonchev–Trinajstić information content (AvgIpc) is 3.26. The molecule has 6 heterocycles. The van der Waals surface area contributed by atoms with Crippen molar-refractivity contribution >= 4 is 43.2 Å². The van der Waals surface area contributed by atoms with E-state index < -0.39 is 15.6 Å². The number of hydrogen-bond donors (Lipinski definition) is 1. The van der Waals surface area contributed by atoms with Gasteiger partial charge in [-0.15, -0.1) is 11.3 Å². The molecule has 3 fully saturated rings. The van der Waals surface area contributed by atoms with Crippen molar-refractivity contribution in [2.24, 2.45) is 5.92 Å². The first-order valence-corrected chi connectivity index (χ1v) is 16.0. The van der Waals surface area contributed by atoms with Crippen LogP contribution in [0.15, 0.2) is 36.2 Å². The van der Waals surface area contributed by atoms with E-state index in [0.29, 0.717) is 12.0 Å². The van der Waals surface area contributed by atoms with Gasteiger partial charge in [0.1, 0.15) is 5.54 Å². The first-order valence-electron chi connectivity index (χ1n) is 13.5. The SMILES string of the molecule is CCS(=O)(=O)N1CC(CC#N)(n2cc(-c3nc(Nc4cnn(C5CN(CC6CC6)C5)c4)nc4ccsc34)cn2)C1. The van der Waals surface area contributed by atoms with Gasteiger partial charge in [0.15, 0.2) is 0 Å². The number of sulfonamides is 1. The molecule has 0 unspecified atom stereocenters. The van der Waals surface area contributed by atoms with Crippen LogP contribution in [-0.4, -0.2) is 85.6 Å². The molecule has 7 rings (SSSR count). The van der Waals surface area contributed by atoms with E-state index in [0.717, 1.165) is 46.2 Å². The third-order valence-electron chi connectivity index (χ3n) is 8.14. The van der Waals surface area contributed by atoms with Crippen molar-refractivity contribution in [3.05, 3.63) is 36.2 Å². The van der Waals surface area contributed by atoms with Crippen molar-refractivity contribution in [3.63, 3.8) is 0 Å². The number of anilines is 2. The van der Waals surface area contributed by atoms with E-state index in [9.17, 15) is 13.7 Å². The largest absolute Gasteiger partial charge is 0.321 e. The molecule has 3 aliphatic rings. The van der Waals surface area contributed by atoms with Gasteiger partial charge in [0.05, 0.1) is 58.3 Å². The lowest BCUT2D eigenvalue weighted by Crippen LogP contribution is -2.64. The fourth-order valence-corrected chi connectivity index (χ4v) is 7.63. The number of nitrogens with one attached hydrogen (secondary N) is 1. The molecule has 0 amide bonds. The van der Waals surface area contributed by atoms with Gasteiger partial charge in [0, 0.05) is 50.7 Å². The van der Waals surface area contributed by atoms with Crippen LogP contribution in [0.3, 0.4) is 0 Å². The first kappa shape index (κ1) is 25.6. The monoisotopic (exact) mass is 578 g/mol. The summed E-state index contributed by atoms with van der Waals surface area (Å²) in [7, 11) is -3.32. The standard InChI is InChI=1S/C26H30N10O2S2/c1-2-40(37,38)34-16-26(17-34,6-7-27)36-12-19(9-29-36)23-24-22(5-8-39-24)31-25(32-23)30-20-10-28-35(13-20)21-14-33(15-21)11-18-3-4-18/h5,8-10,12-13,18,21H,2-4,6,11,14-17H2,1H3,(H,30,31,32). The maximum atomic E-state index is 12.3. The van der Waals surface area contributed by atoms with Crippen molar-refractivity contribution in [1.82, 2.24) is 38.7 Å². The van der Waals surface area contributed by atoms with E-state index in [1.165, 1.54) is 23.7 Å². The second-order valence-corrected chi connectivity index (χ2v) is 14.3. The number of nitriles is 1. The molecule has 2 saturated heterocycles. The minimum Gasteiger partial charge on any atom is -0.321 e. The minimum atomic E-state index is -3.32. The molecule has 208 valence electrons. The van der Waals surface area contributed by atoms with Crippen LogP contribution in [0.25, 0.3) is 21.5 Å². The van der Waals surface area contributed by atoms with Crippen molar-refractivity contribution in [2.75, 3.05) is 43.8 Å². The predicted octanol–water partition coefficient (Wildman–Crippen LogP) is 3.04. The number of hydrogen-bond acceptors (Lipinski definition) is 10. The number of likely N-dealkylation sites (tertiary alicyclic amines) is 1. The second-order valence-electron chi connectivity index (χ2n) is 11.1. The zero-order valence-corrected chi connectivity index (χ0v) is 23.8. The highest BCUT2D eigenvalue weighted by molar-refractivity contribution is 7.89. The number of nitrogens with zero attached hydrogens (tertiary/aromatic N) is 9. The average molecular weight is 579 g/mol. The summed E-state index contributed by atoms with van der Waals surface area (Å²) in [5.41, 5.74) is 2.48. The predicted molar refractivity (Wildman–Crippen MR) is 152 cm³/mol. The normalized spacial score (nSPS) is 19.8. The number of aromatic nitrogens is 6. The maximum absolute atomic E-state index is 12.3. The third-order valence-corrected chi connectivity index (χ3v) is 10.8. The Hall–Kier alpha value is -3.38. The molecule has 0 bridgehead atoms. The van der Waals surface area contributed by atoms with Gasteiger partial charge in [-0.1, -0.05) is 0 Å². The van der Waals surface area contributed by atoms with E-state index in [1.54, 1.807) is 35.3 Å². The highest BCUT2D eigenvalue weighted by Gasteiger charge is 2.49. The molecule has 4 aromatic heterocycles. The van der Waals surface area contributed by atoms with Crippen molar-refractivity contribution in [3.8, 4) is 17.3 Å². The highest BCUT2D eigenvalue weighted by atomic mass is 32.2. The summed E-state index contributed by atoms with van der Waals surface area (Å²) in [6.45, 7) is 5.38. The Balaban J connectivity index is 1.11. The number of fused-ring (bicyclic) bond motifs is 1. The molecule has 4 aromatic rings. The lowest BCUT2D eigenvalue weighted by Gasteiger charge is -2.47. The van der Waals surface area contributed by atoms with Crippen molar-refractivity contribution < 1.29 is 8.42 Å². The zero-order valence-electron chi connectivity index (χ0n) is 22.1. The van der Waals surface area contributed by atoms with Gasteiger partial charge in [0.2, 0.25) is 16.0 Å². The van der Waals surface area contributed by atoms with Gasteiger partial charge < -0.3 is 5.32 Å². The second kappa shape index (κ2) is 9.62. The van der Waals surface area contributed by atoms with Gasteiger partial charge >= 0.3 is 0 Å². The van der Waals surface area contributed by atoms with Gasteiger partial charge in [0.25, 0.3) is 0 Å². The third kappa shape index (κ3) is 4.56. The molecule has 1 aliphatic carbocycles. The smallest absolute Gasteiger partial charge is 0.228 e. The topological polar surface area (TPSA) is 138 Å². The Kier molecular flexibility index (Phi) is 6.15. The molecule has 0 radical (unpaired) electrons. The molecular weight excluding hydrogens is 548 g/mol. The molecular formula is C26H30N10O2S2. The van der Waals surface area contributed by atoms with Gasteiger partial charge in [-0.3, -0.25) is 14.3 Å². The Bertz CT molecular complexity index is 1700. The van der Waals surface area contributed by atoms with Crippen LogP contribution >= 0.6 is 11.3 Å². The van der Waals surface area contributed by atoms with Gasteiger partial charge in [-0.25, -0.2) is 18.4 Å². The lowest BCUT2D eigenvalue weighted by molar-refractivity contribution is 0.0719.